The number of nitrogens with one attached hydrogen (secondary N) is 1. The first-order chi connectivity index (χ1) is 12.1. The van der Waals surface area contributed by atoms with E-state index in [1.165, 1.54) is 12.8 Å². The molecule has 0 bridgehead atoms. The molecule has 0 aliphatic heterocycles. The maximum atomic E-state index is 12.7. The summed E-state index contributed by atoms with van der Waals surface area (Å²) in [5, 5.41) is 12.5. The van der Waals surface area contributed by atoms with E-state index in [9.17, 15) is 14.7 Å². The Bertz CT molecular complexity index is 793. The highest BCUT2D eigenvalue weighted by Crippen LogP contribution is 2.49. The van der Waals surface area contributed by atoms with Gasteiger partial charge in [0.1, 0.15) is 0 Å². The third-order valence-electron chi connectivity index (χ3n) is 4.98. The van der Waals surface area contributed by atoms with E-state index in [4.69, 9.17) is 0 Å². The quantitative estimate of drug-likeness (QED) is 0.789. The Hall–Kier alpha value is -2.62. The lowest BCUT2D eigenvalue weighted by molar-refractivity contribution is 0.0697. The third kappa shape index (κ3) is 3.73. The third-order valence-corrected chi connectivity index (χ3v) is 4.98. The van der Waals surface area contributed by atoms with Crippen LogP contribution in [0.15, 0.2) is 48.5 Å². The number of carboxylic acid groups (broad SMARTS) is 1. The summed E-state index contributed by atoms with van der Waals surface area (Å²) >= 11 is 0. The first kappa shape index (κ1) is 17.2. The van der Waals surface area contributed by atoms with E-state index < -0.39 is 5.97 Å². The van der Waals surface area contributed by atoms with Crippen LogP contribution in [-0.4, -0.2) is 23.5 Å². The summed E-state index contributed by atoms with van der Waals surface area (Å²) < 4.78 is 0. The molecule has 1 aliphatic rings. The van der Waals surface area contributed by atoms with Crippen LogP contribution in [0.5, 0.6) is 0 Å². The highest BCUT2D eigenvalue weighted by atomic mass is 16.4. The number of hydrogen-bond acceptors (Lipinski definition) is 2. The number of rotatable bonds is 7. The van der Waals surface area contributed by atoms with Gasteiger partial charge in [-0.3, -0.25) is 4.79 Å². The highest BCUT2D eigenvalue weighted by Gasteiger charge is 2.41. The summed E-state index contributed by atoms with van der Waals surface area (Å²) in [5.41, 5.74) is 2.21. The lowest BCUT2D eigenvalue weighted by Crippen LogP contribution is -2.30. The van der Waals surface area contributed by atoms with Gasteiger partial charge in [-0.15, -0.1) is 0 Å². The first-order valence-corrected chi connectivity index (χ1v) is 8.76. The SMILES string of the molecule is CCCC1(CNC(=O)c2ccccc2-c2ccccc2C(=O)O)CC1. The molecule has 2 aromatic carbocycles. The largest absolute Gasteiger partial charge is 0.478 e. The standard InChI is InChI=1S/C21H23NO3/c1-2-11-21(12-13-21)14-22-19(23)17-9-5-3-7-15(17)16-8-4-6-10-18(16)20(24)25/h3-10H,2,11-14H2,1H3,(H,22,23)(H,24,25). The van der Waals surface area contributed by atoms with Gasteiger partial charge in [0.05, 0.1) is 5.56 Å². The van der Waals surface area contributed by atoms with Gasteiger partial charge in [0.2, 0.25) is 0 Å². The molecule has 1 aliphatic carbocycles. The predicted octanol–water partition coefficient (Wildman–Crippen LogP) is 4.36. The summed E-state index contributed by atoms with van der Waals surface area (Å²) in [5.74, 6) is -1.14. The zero-order chi connectivity index (χ0) is 17.9. The van der Waals surface area contributed by atoms with Crippen molar-refractivity contribution in [3.8, 4) is 11.1 Å². The van der Waals surface area contributed by atoms with E-state index in [0.717, 1.165) is 12.8 Å². The monoisotopic (exact) mass is 337 g/mol. The van der Waals surface area contributed by atoms with Gasteiger partial charge in [-0.25, -0.2) is 4.79 Å². The normalized spacial score (nSPS) is 14.8. The topological polar surface area (TPSA) is 66.4 Å². The lowest BCUT2D eigenvalue weighted by atomic mass is 9.94. The second-order valence-electron chi connectivity index (χ2n) is 6.83. The van der Waals surface area contributed by atoms with Crippen LogP contribution in [0, 0.1) is 5.41 Å². The smallest absolute Gasteiger partial charge is 0.336 e. The number of benzene rings is 2. The van der Waals surface area contributed by atoms with Crippen molar-refractivity contribution in [2.24, 2.45) is 5.41 Å². The summed E-state index contributed by atoms with van der Waals surface area (Å²) in [6.07, 6.45) is 4.60. The molecule has 2 aromatic rings. The maximum Gasteiger partial charge on any atom is 0.336 e. The van der Waals surface area contributed by atoms with Crippen LogP contribution in [0.1, 0.15) is 53.3 Å². The Morgan fingerprint density at radius 2 is 1.56 bits per heavy atom. The van der Waals surface area contributed by atoms with Crippen molar-refractivity contribution >= 4 is 11.9 Å². The van der Waals surface area contributed by atoms with Gasteiger partial charge in [0.15, 0.2) is 0 Å². The minimum Gasteiger partial charge on any atom is -0.478 e. The van der Waals surface area contributed by atoms with Crippen molar-refractivity contribution in [1.29, 1.82) is 0 Å². The molecule has 25 heavy (non-hydrogen) atoms. The van der Waals surface area contributed by atoms with Crippen LogP contribution in [0.2, 0.25) is 0 Å². The fourth-order valence-corrected chi connectivity index (χ4v) is 3.41. The molecule has 0 heterocycles. The number of carbonyl (C=O) groups excluding carboxylic acids is 1. The van der Waals surface area contributed by atoms with Crippen molar-refractivity contribution in [2.45, 2.75) is 32.6 Å². The van der Waals surface area contributed by atoms with Gasteiger partial charge in [-0.1, -0.05) is 49.7 Å². The zero-order valence-corrected chi connectivity index (χ0v) is 14.4. The van der Waals surface area contributed by atoms with Gasteiger partial charge in [-0.2, -0.15) is 0 Å². The van der Waals surface area contributed by atoms with E-state index in [2.05, 4.69) is 12.2 Å². The van der Waals surface area contributed by atoms with Crippen LogP contribution in [0.4, 0.5) is 0 Å². The number of carboxylic acids is 1. The fraction of sp³-hybridized carbons (Fsp3) is 0.333. The van der Waals surface area contributed by atoms with Crippen LogP contribution < -0.4 is 5.32 Å². The molecule has 4 nitrogen and oxygen atoms in total. The van der Waals surface area contributed by atoms with Gasteiger partial charge < -0.3 is 10.4 Å². The number of aromatic carboxylic acids is 1. The van der Waals surface area contributed by atoms with Crippen molar-refractivity contribution in [3.63, 3.8) is 0 Å². The molecular formula is C21H23NO3. The molecule has 1 amide bonds. The molecule has 0 aromatic heterocycles. The molecule has 0 spiro atoms. The molecule has 0 atom stereocenters. The first-order valence-electron chi connectivity index (χ1n) is 8.76. The van der Waals surface area contributed by atoms with Crippen LogP contribution in [0.25, 0.3) is 11.1 Å². The van der Waals surface area contributed by atoms with E-state index in [0.29, 0.717) is 23.2 Å². The van der Waals surface area contributed by atoms with Crippen LogP contribution in [-0.2, 0) is 0 Å². The minimum atomic E-state index is -0.995. The highest BCUT2D eigenvalue weighted by molar-refractivity contribution is 6.04. The average Bonchev–Trinajstić information content (AvgIpc) is 3.40. The molecule has 4 heteroatoms. The van der Waals surface area contributed by atoms with Gasteiger partial charge in [0, 0.05) is 12.1 Å². The molecule has 0 unspecified atom stereocenters. The summed E-state index contributed by atoms with van der Waals surface area (Å²) in [7, 11) is 0. The van der Waals surface area contributed by atoms with Crippen molar-refractivity contribution in [3.05, 3.63) is 59.7 Å². The Morgan fingerprint density at radius 3 is 2.12 bits per heavy atom. The van der Waals surface area contributed by atoms with Gasteiger partial charge in [0.25, 0.3) is 5.91 Å². The minimum absolute atomic E-state index is 0.141. The molecule has 0 saturated heterocycles. The van der Waals surface area contributed by atoms with Gasteiger partial charge >= 0.3 is 5.97 Å². The number of carbonyl (C=O) groups is 2. The van der Waals surface area contributed by atoms with Crippen LogP contribution in [0.3, 0.4) is 0 Å². The van der Waals surface area contributed by atoms with Crippen LogP contribution >= 0.6 is 0 Å². The molecule has 3 rings (SSSR count). The Kier molecular flexibility index (Phi) is 4.88. The van der Waals surface area contributed by atoms with E-state index in [-0.39, 0.29) is 16.9 Å². The zero-order valence-electron chi connectivity index (χ0n) is 14.4. The Balaban J connectivity index is 1.87. The molecule has 0 radical (unpaired) electrons. The van der Waals surface area contributed by atoms with Gasteiger partial charge in [-0.05, 0) is 47.9 Å². The second kappa shape index (κ2) is 7.09. The van der Waals surface area contributed by atoms with E-state index >= 15 is 0 Å². The lowest BCUT2D eigenvalue weighted by Gasteiger charge is -2.16. The number of amides is 1. The predicted molar refractivity (Wildman–Crippen MR) is 97.7 cm³/mol. The Labute approximate surface area is 147 Å². The molecule has 130 valence electrons. The maximum absolute atomic E-state index is 12.7. The average molecular weight is 337 g/mol. The fourth-order valence-electron chi connectivity index (χ4n) is 3.41. The molecular weight excluding hydrogens is 314 g/mol. The Morgan fingerprint density at radius 1 is 1.00 bits per heavy atom. The summed E-state index contributed by atoms with van der Waals surface area (Å²) in [6.45, 7) is 2.86. The van der Waals surface area contributed by atoms with E-state index in [1.54, 1.807) is 42.5 Å². The number of hydrogen-bond donors (Lipinski definition) is 2. The second-order valence-corrected chi connectivity index (χ2v) is 6.83. The van der Waals surface area contributed by atoms with Crippen molar-refractivity contribution in [1.82, 2.24) is 5.32 Å². The van der Waals surface area contributed by atoms with Crippen molar-refractivity contribution < 1.29 is 14.7 Å². The van der Waals surface area contributed by atoms with E-state index in [1.807, 2.05) is 6.07 Å². The summed E-state index contributed by atoms with van der Waals surface area (Å²) in [4.78, 5) is 24.3. The molecule has 2 N–H and O–H groups in total. The van der Waals surface area contributed by atoms with Crippen molar-refractivity contribution in [2.75, 3.05) is 6.54 Å². The molecule has 1 fully saturated rings. The molecule has 1 saturated carbocycles. The summed E-state index contributed by atoms with van der Waals surface area (Å²) in [6, 6.07) is 14.0.